The molecule has 0 bridgehead atoms. The van der Waals surface area contributed by atoms with Crippen LogP contribution < -0.4 is 15.4 Å². The summed E-state index contributed by atoms with van der Waals surface area (Å²) in [4.78, 5) is 12.4. The first kappa shape index (κ1) is 19.6. The van der Waals surface area contributed by atoms with Crippen molar-refractivity contribution in [3.05, 3.63) is 76.4 Å². The standard InChI is InChI=1S/C21H21ClN4O2/c1-14-6-7-16(22)13-19(14)24-21(27)18-8-9-20(26-25-18)23-11-10-15-4-3-5-17(12-15)28-2/h3-9,12-13H,10-11H2,1-2H3,(H,23,26)(H,24,27). The minimum Gasteiger partial charge on any atom is -0.497 e. The summed E-state index contributed by atoms with van der Waals surface area (Å²) in [5, 5.41) is 14.6. The van der Waals surface area contributed by atoms with Crippen LogP contribution in [0.25, 0.3) is 0 Å². The Morgan fingerprint density at radius 2 is 1.96 bits per heavy atom. The summed E-state index contributed by atoms with van der Waals surface area (Å²) >= 11 is 5.98. The van der Waals surface area contributed by atoms with Crippen molar-refractivity contribution in [1.82, 2.24) is 10.2 Å². The maximum atomic E-state index is 12.4. The maximum Gasteiger partial charge on any atom is 0.276 e. The zero-order valence-electron chi connectivity index (χ0n) is 15.7. The monoisotopic (exact) mass is 396 g/mol. The number of amides is 1. The molecule has 3 rings (SSSR count). The minimum atomic E-state index is -0.333. The molecule has 0 unspecified atom stereocenters. The Hall–Kier alpha value is -3.12. The topological polar surface area (TPSA) is 76.1 Å². The zero-order valence-corrected chi connectivity index (χ0v) is 16.5. The second-order valence-corrected chi connectivity index (χ2v) is 6.68. The van der Waals surface area contributed by atoms with Crippen molar-refractivity contribution in [3.63, 3.8) is 0 Å². The number of hydrogen-bond donors (Lipinski definition) is 2. The van der Waals surface area contributed by atoms with Gasteiger partial charge in [-0.3, -0.25) is 4.79 Å². The molecule has 0 radical (unpaired) electrons. The number of ether oxygens (including phenoxy) is 1. The highest BCUT2D eigenvalue weighted by Crippen LogP contribution is 2.20. The number of hydrogen-bond acceptors (Lipinski definition) is 5. The summed E-state index contributed by atoms with van der Waals surface area (Å²) in [5.41, 5.74) is 2.96. The third-order valence-corrected chi connectivity index (χ3v) is 4.43. The largest absolute Gasteiger partial charge is 0.497 e. The predicted molar refractivity (Wildman–Crippen MR) is 111 cm³/mol. The maximum absolute atomic E-state index is 12.4. The van der Waals surface area contributed by atoms with Crippen molar-refractivity contribution < 1.29 is 9.53 Å². The van der Waals surface area contributed by atoms with Crippen molar-refractivity contribution in [2.45, 2.75) is 13.3 Å². The number of rotatable bonds is 7. The van der Waals surface area contributed by atoms with Gasteiger partial charge in [-0.2, -0.15) is 0 Å². The van der Waals surface area contributed by atoms with Gasteiger partial charge in [0, 0.05) is 17.3 Å². The normalized spacial score (nSPS) is 10.4. The van der Waals surface area contributed by atoms with E-state index < -0.39 is 0 Å². The van der Waals surface area contributed by atoms with Crippen LogP contribution in [-0.4, -0.2) is 29.8 Å². The Morgan fingerprint density at radius 3 is 2.71 bits per heavy atom. The van der Waals surface area contributed by atoms with E-state index in [9.17, 15) is 4.79 Å². The number of aromatic nitrogens is 2. The zero-order chi connectivity index (χ0) is 19.9. The first-order valence-corrected chi connectivity index (χ1v) is 9.21. The molecule has 1 amide bonds. The van der Waals surface area contributed by atoms with E-state index in [1.807, 2.05) is 37.3 Å². The lowest BCUT2D eigenvalue weighted by atomic mass is 10.1. The smallest absolute Gasteiger partial charge is 0.276 e. The highest BCUT2D eigenvalue weighted by Gasteiger charge is 2.10. The average Bonchev–Trinajstić information content (AvgIpc) is 2.71. The quantitative estimate of drug-likeness (QED) is 0.620. The molecule has 3 aromatic rings. The van der Waals surface area contributed by atoms with E-state index in [0.717, 1.165) is 23.3 Å². The van der Waals surface area contributed by atoms with E-state index in [4.69, 9.17) is 16.3 Å². The van der Waals surface area contributed by atoms with Gasteiger partial charge in [-0.05, 0) is 60.9 Å². The molecule has 144 valence electrons. The molecule has 7 heteroatoms. The van der Waals surface area contributed by atoms with Crippen LogP contribution in [0.1, 0.15) is 21.6 Å². The van der Waals surface area contributed by atoms with Gasteiger partial charge < -0.3 is 15.4 Å². The van der Waals surface area contributed by atoms with Gasteiger partial charge in [-0.25, -0.2) is 0 Å². The number of benzene rings is 2. The van der Waals surface area contributed by atoms with E-state index in [-0.39, 0.29) is 11.6 Å². The van der Waals surface area contributed by atoms with Crippen molar-refractivity contribution in [2.24, 2.45) is 0 Å². The SMILES string of the molecule is COc1cccc(CCNc2ccc(C(=O)Nc3cc(Cl)ccc3C)nn2)c1. The molecule has 0 saturated heterocycles. The summed E-state index contributed by atoms with van der Waals surface area (Å²) in [7, 11) is 1.65. The summed E-state index contributed by atoms with van der Waals surface area (Å²) in [6.07, 6.45) is 0.815. The summed E-state index contributed by atoms with van der Waals surface area (Å²) in [6, 6.07) is 16.6. The molecule has 2 N–H and O–H groups in total. The van der Waals surface area contributed by atoms with Crippen LogP contribution in [0.2, 0.25) is 5.02 Å². The van der Waals surface area contributed by atoms with Crippen molar-refractivity contribution in [1.29, 1.82) is 0 Å². The summed E-state index contributed by atoms with van der Waals surface area (Å²) in [5.74, 6) is 1.11. The molecule has 6 nitrogen and oxygen atoms in total. The van der Waals surface area contributed by atoms with Gasteiger partial charge in [0.2, 0.25) is 0 Å². The summed E-state index contributed by atoms with van der Waals surface area (Å²) < 4.78 is 5.22. The van der Waals surface area contributed by atoms with E-state index >= 15 is 0 Å². The Balaban J connectivity index is 1.55. The van der Waals surface area contributed by atoms with E-state index in [1.54, 1.807) is 31.4 Å². The molecule has 0 spiro atoms. The molecule has 2 aromatic carbocycles. The third-order valence-electron chi connectivity index (χ3n) is 4.20. The highest BCUT2D eigenvalue weighted by molar-refractivity contribution is 6.31. The van der Waals surface area contributed by atoms with Gasteiger partial charge in [0.25, 0.3) is 5.91 Å². The molecular formula is C21H21ClN4O2. The molecule has 1 heterocycles. The number of carbonyl (C=O) groups is 1. The van der Waals surface area contributed by atoms with Crippen LogP contribution in [0.15, 0.2) is 54.6 Å². The number of anilines is 2. The molecule has 0 fully saturated rings. The van der Waals surface area contributed by atoms with Gasteiger partial charge in [-0.1, -0.05) is 29.8 Å². The lowest BCUT2D eigenvalue weighted by molar-refractivity contribution is 0.102. The average molecular weight is 397 g/mol. The van der Waals surface area contributed by atoms with Crippen LogP contribution in [0.5, 0.6) is 5.75 Å². The molecule has 28 heavy (non-hydrogen) atoms. The van der Waals surface area contributed by atoms with Crippen LogP contribution in [0.4, 0.5) is 11.5 Å². The highest BCUT2D eigenvalue weighted by atomic mass is 35.5. The molecule has 0 atom stereocenters. The van der Waals surface area contributed by atoms with Gasteiger partial charge in [0.15, 0.2) is 5.69 Å². The van der Waals surface area contributed by atoms with Crippen LogP contribution in [-0.2, 0) is 6.42 Å². The fraction of sp³-hybridized carbons (Fsp3) is 0.190. The lowest BCUT2D eigenvalue weighted by Crippen LogP contribution is -2.16. The molecule has 0 saturated carbocycles. The Bertz CT molecular complexity index is 961. The number of aryl methyl sites for hydroxylation is 1. The Kier molecular flexibility index (Phi) is 6.45. The molecule has 0 aliphatic rings. The van der Waals surface area contributed by atoms with Gasteiger partial charge in [0.1, 0.15) is 11.6 Å². The Morgan fingerprint density at radius 1 is 1.11 bits per heavy atom. The van der Waals surface area contributed by atoms with Crippen molar-refractivity contribution in [2.75, 3.05) is 24.3 Å². The van der Waals surface area contributed by atoms with E-state index in [2.05, 4.69) is 20.8 Å². The molecular weight excluding hydrogens is 376 g/mol. The number of nitrogens with one attached hydrogen (secondary N) is 2. The third kappa shape index (κ3) is 5.20. The van der Waals surface area contributed by atoms with E-state index in [1.165, 1.54) is 0 Å². The second-order valence-electron chi connectivity index (χ2n) is 6.25. The lowest BCUT2D eigenvalue weighted by Gasteiger charge is -2.09. The molecule has 0 aliphatic carbocycles. The first-order chi connectivity index (χ1) is 13.5. The predicted octanol–water partition coefficient (Wildman–Crippen LogP) is 4.35. The Labute approximate surface area is 168 Å². The fourth-order valence-corrected chi connectivity index (χ4v) is 2.80. The van der Waals surface area contributed by atoms with Crippen molar-refractivity contribution in [3.8, 4) is 5.75 Å². The number of carbonyl (C=O) groups excluding carboxylic acids is 1. The first-order valence-electron chi connectivity index (χ1n) is 8.83. The van der Waals surface area contributed by atoms with Gasteiger partial charge >= 0.3 is 0 Å². The van der Waals surface area contributed by atoms with Crippen LogP contribution >= 0.6 is 11.6 Å². The minimum absolute atomic E-state index is 0.234. The van der Waals surface area contributed by atoms with Crippen LogP contribution in [0.3, 0.4) is 0 Å². The van der Waals surface area contributed by atoms with E-state index in [0.29, 0.717) is 23.1 Å². The fourth-order valence-electron chi connectivity index (χ4n) is 2.63. The number of nitrogens with zero attached hydrogens (tertiary/aromatic N) is 2. The van der Waals surface area contributed by atoms with Crippen LogP contribution in [0, 0.1) is 6.92 Å². The molecule has 1 aromatic heterocycles. The second kappa shape index (κ2) is 9.19. The number of methoxy groups -OCH3 is 1. The molecule has 0 aliphatic heterocycles. The van der Waals surface area contributed by atoms with Gasteiger partial charge in [-0.15, -0.1) is 10.2 Å². The van der Waals surface area contributed by atoms with Gasteiger partial charge in [0.05, 0.1) is 7.11 Å². The van der Waals surface area contributed by atoms with Crippen molar-refractivity contribution >= 4 is 29.0 Å². The summed E-state index contributed by atoms with van der Waals surface area (Å²) in [6.45, 7) is 2.59. The number of halogens is 1.